The van der Waals surface area contributed by atoms with Gasteiger partial charge < -0.3 is 10.2 Å². The molecule has 2 heteroatoms. The Morgan fingerprint density at radius 3 is 1.55 bits per heavy atom. The molecule has 0 bridgehead atoms. The molecule has 0 aliphatic heterocycles. The summed E-state index contributed by atoms with van der Waals surface area (Å²) in [6, 6.07) is 15.1. The van der Waals surface area contributed by atoms with Gasteiger partial charge in [0.25, 0.3) is 0 Å². The van der Waals surface area contributed by atoms with Gasteiger partial charge in [-0.3, -0.25) is 0 Å². The Morgan fingerprint density at radius 2 is 1.06 bits per heavy atom. The Morgan fingerprint density at radius 1 is 0.613 bits per heavy atom. The number of hydrogen-bond donors (Lipinski definition) is 2. The van der Waals surface area contributed by atoms with Crippen molar-refractivity contribution in [3.63, 3.8) is 0 Å². The van der Waals surface area contributed by atoms with Crippen molar-refractivity contribution in [2.75, 3.05) is 0 Å². The number of aromatic hydroxyl groups is 2. The molecule has 0 spiro atoms. The molecular weight excluding hydrogens is 380 g/mol. The van der Waals surface area contributed by atoms with E-state index < -0.39 is 0 Å². The molecule has 0 amide bonds. The maximum Gasteiger partial charge on any atom is 0.115 e. The molecule has 0 aliphatic rings. The quantitative estimate of drug-likeness (QED) is 0.373. The van der Waals surface area contributed by atoms with Crippen LogP contribution in [0.25, 0.3) is 0 Å². The van der Waals surface area contributed by atoms with Crippen molar-refractivity contribution in [2.45, 2.75) is 105 Å². The van der Waals surface area contributed by atoms with Crippen LogP contribution in [0.3, 0.4) is 0 Å². The molecule has 0 unspecified atom stereocenters. The fourth-order valence-electron chi connectivity index (χ4n) is 4.29. The molecule has 0 heterocycles. The van der Waals surface area contributed by atoms with Gasteiger partial charge in [-0.1, -0.05) is 104 Å². The first-order chi connectivity index (χ1) is 14.5. The third-order valence-corrected chi connectivity index (χ3v) is 5.63. The number of phenolic OH excluding ortho intramolecular Hbond substituents is 2. The summed E-state index contributed by atoms with van der Waals surface area (Å²) in [5.41, 5.74) is 3.11. The van der Waals surface area contributed by atoms with Gasteiger partial charge in [0.05, 0.1) is 0 Å². The van der Waals surface area contributed by atoms with E-state index in [1.807, 2.05) is 24.3 Å². The highest BCUT2D eigenvalue weighted by atomic mass is 16.3. The number of hydrogen-bond acceptors (Lipinski definition) is 2. The van der Waals surface area contributed by atoms with Gasteiger partial charge in [-0.2, -0.15) is 0 Å². The number of unbranched alkanes of at least 4 members (excludes halogenated alkanes) is 6. The van der Waals surface area contributed by atoms with Crippen LogP contribution in [0.5, 0.6) is 11.5 Å². The average molecular weight is 427 g/mol. The van der Waals surface area contributed by atoms with E-state index >= 15 is 0 Å². The Bertz CT molecular complexity index is 706. The average Bonchev–Trinajstić information content (AvgIpc) is 2.68. The molecule has 0 fully saturated rings. The zero-order chi connectivity index (χ0) is 23.3. The van der Waals surface area contributed by atoms with Crippen LogP contribution < -0.4 is 0 Å². The standard InChI is InChI=1S/C15H24O.C14H22O/c1-2-3-4-5-6-7-8-9-14-10-12-15(16)13-11-14;1-13(2,3)10-14(4,5)11-6-8-12(15)9-7-11/h10-13,16H,2-9H2,1H3;6-9,15H,10H2,1-5H3. The first kappa shape index (κ1) is 27.1. The lowest BCUT2D eigenvalue weighted by Gasteiger charge is -2.33. The van der Waals surface area contributed by atoms with E-state index in [0.29, 0.717) is 16.9 Å². The third kappa shape index (κ3) is 12.5. The summed E-state index contributed by atoms with van der Waals surface area (Å²) in [7, 11) is 0. The minimum Gasteiger partial charge on any atom is -0.508 e. The summed E-state index contributed by atoms with van der Waals surface area (Å²) in [5.74, 6) is 0.702. The first-order valence-electron chi connectivity index (χ1n) is 12.1. The highest BCUT2D eigenvalue weighted by Crippen LogP contribution is 2.36. The van der Waals surface area contributed by atoms with Crippen LogP contribution in [-0.2, 0) is 11.8 Å². The van der Waals surface area contributed by atoms with E-state index in [-0.39, 0.29) is 5.41 Å². The summed E-state index contributed by atoms with van der Waals surface area (Å²) in [4.78, 5) is 0. The van der Waals surface area contributed by atoms with Gasteiger partial charge in [0, 0.05) is 0 Å². The highest BCUT2D eigenvalue weighted by Gasteiger charge is 2.26. The van der Waals surface area contributed by atoms with E-state index in [1.165, 1.54) is 56.1 Å². The molecule has 2 aromatic carbocycles. The maximum atomic E-state index is 9.25. The zero-order valence-corrected chi connectivity index (χ0v) is 20.9. The van der Waals surface area contributed by atoms with Gasteiger partial charge in [0.2, 0.25) is 0 Å². The Balaban J connectivity index is 0.000000311. The molecule has 31 heavy (non-hydrogen) atoms. The van der Waals surface area contributed by atoms with Crippen molar-refractivity contribution >= 4 is 0 Å². The maximum absolute atomic E-state index is 9.25. The minimum atomic E-state index is 0.159. The molecule has 2 nitrogen and oxygen atoms in total. The van der Waals surface area contributed by atoms with E-state index in [1.54, 1.807) is 24.3 Å². The van der Waals surface area contributed by atoms with Gasteiger partial charge >= 0.3 is 0 Å². The van der Waals surface area contributed by atoms with Crippen molar-refractivity contribution in [3.05, 3.63) is 59.7 Å². The van der Waals surface area contributed by atoms with Crippen LogP contribution in [0, 0.1) is 5.41 Å². The van der Waals surface area contributed by atoms with Crippen molar-refractivity contribution in [1.82, 2.24) is 0 Å². The normalized spacial score (nSPS) is 11.7. The molecule has 2 aromatic rings. The predicted octanol–water partition coefficient (Wildman–Crippen LogP) is 8.79. The smallest absolute Gasteiger partial charge is 0.115 e. The Kier molecular flexibility index (Phi) is 11.7. The highest BCUT2D eigenvalue weighted by molar-refractivity contribution is 5.30. The second-order valence-corrected chi connectivity index (χ2v) is 10.7. The van der Waals surface area contributed by atoms with Gasteiger partial charge in [0.15, 0.2) is 0 Å². The fourth-order valence-corrected chi connectivity index (χ4v) is 4.29. The van der Waals surface area contributed by atoms with Crippen LogP contribution in [0.15, 0.2) is 48.5 Å². The summed E-state index contributed by atoms with van der Waals surface area (Å²) in [6.07, 6.45) is 11.8. The molecule has 2 N–H and O–H groups in total. The fraction of sp³-hybridized carbons (Fsp3) is 0.586. The van der Waals surface area contributed by atoms with Crippen LogP contribution in [0.1, 0.15) is 104 Å². The van der Waals surface area contributed by atoms with Crippen molar-refractivity contribution < 1.29 is 10.2 Å². The molecule has 2 rings (SSSR count). The molecule has 0 radical (unpaired) electrons. The second kappa shape index (κ2) is 13.5. The van der Waals surface area contributed by atoms with E-state index in [2.05, 4.69) is 41.5 Å². The van der Waals surface area contributed by atoms with E-state index in [4.69, 9.17) is 5.11 Å². The Labute approximate surface area is 191 Å². The van der Waals surface area contributed by atoms with Gasteiger partial charge in [-0.05, 0) is 65.5 Å². The molecule has 0 saturated heterocycles. The molecule has 0 aromatic heterocycles. The van der Waals surface area contributed by atoms with E-state index in [9.17, 15) is 5.11 Å². The topological polar surface area (TPSA) is 40.5 Å². The van der Waals surface area contributed by atoms with Crippen LogP contribution >= 0.6 is 0 Å². The summed E-state index contributed by atoms with van der Waals surface area (Å²) < 4.78 is 0. The van der Waals surface area contributed by atoms with Gasteiger partial charge in [-0.25, -0.2) is 0 Å². The minimum absolute atomic E-state index is 0.159. The molecule has 0 atom stereocenters. The van der Waals surface area contributed by atoms with Crippen molar-refractivity contribution in [2.24, 2.45) is 5.41 Å². The number of rotatable bonds is 10. The lowest BCUT2D eigenvalue weighted by Crippen LogP contribution is -2.24. The molecule has 174 valence electrons. The number of phenols is 2. The second-order valence-electron chi connectivity index (χ2n) is 10.7. The molecule has 0 saturated carbocycles. The lowest BCUT2D eigenvalue weighted by atomic mass is 9.72. The lowest BCUT2D eigenvalue weighted by molar-refractivity contribution is 0.284. The monoisotopic (exact) mass is 426 g/mol. The predicted molar refractivity (Wildman–Crippen MR) is 135 cm³/mol. The summed E-state index contributed by atoms with van der Waals surface area (Å²) >= 11 is 0. The third-order valence-electron chi connectivity index (χ3n) is 5.63. The largest absolute Gasteiger partial charge is 0.508 e. The summed E-state index contributed by atoms with van der Waals surface area (Å²) in [6.45, 7) is 13.5. The van der Waals surface area contributed by atoms with Crippen LogP contribution in [0.4, 0.5) is 0 Å². The van der Waals surface area contributed by atoms with Crippen molar-refractivity contribution in [3.8, 4) is 11.5 Å². The van der Waals surface area contributed by atoms with Crippen molar-refractivity contribution in [1.29, 1.82) is 0 Å². The SMILES string of the molecule is CC(C)(C)CC(C)(C)c1ccc(O)cc1.CCCCCCCCCc1ccc(O)cc1. The van der Waals surface area contributed by atoms with Crippen LogP contribution in [-0.4, -0.2) is 10.2 Å². The van der Waals surface area contributed by atoms with Gasteiger partial charge in [-0.15, -0.1) is 0 Å². The first-order valence-corrected chi connectivity index (χ1v) is 12.1. The Hall–Kier alpha value is -1.96. The zero-order valence-electron chi connectivity index (χ0n) is 20.9. The van der Waals surface area contributed by atoms with Crippen LogP contribution in [0.2, 0.25) is 0 Å². The number of aryl methyl sites for hydroxylation is 1. The number of benzene rings is 2. The van der Waals surface area contributed by atoms with E-state index in [0.717, 1.165) is 12.8 Å². The molecule has 0 aliphatic carbocycles. The molecular formula is C29H46O2. The summed E-state index contributed by atoms with van der Waals surface area (Å²) in [5, 5.41) is 18.4. The van der Waals surface area contributed by atoms with Gasteiger partial charge in [0.1, 0.15) is 11.5 Å².